The van der Waals surface area contributed by atoms with Crippen molar-refractivity contribution in [2.24, 2.45) is 5.92 Å². The number of hydrogen-bond acceptors (Lipinski definition) is 8. The van der Waals surface area contributed by atoms with Gasteiger partial charge in [0.25, 0.3) is 5.56 Å². The van der Waals surface area contributed by atoms with Gasteiger partial charge in [-0.05, 0) is 38.3 Å². The molecule has 0 radical (unpaired) electrons. The van der Waals surface area contributed by atoms with Crippen LogP contribution in [-0.2, 0) is 16.1 Å². The van der Waals surface area contributed by atoms with Crippen molar-refractivity contribution in [2.75, 3.05) is 29.9 Å². The number of carbonyl (C=O) groups is 3. The van der Waals surface area contributed by atoms with Gasteiger partial charge in [-0.1, -0.05) is 30.4 Å². The van der Waals surface area contributed by atoms with Crippen LogP contribution < -0.4 is 21.1 Å². The summed E-state index contributed by atoms with van der Waals surface area (Å²) in [5.74, 6) is -0.569. The van der Waals surface area contributed by atoms with Crippen LogP contribution in [0, 0.1) is 5.92 Å². The minimum atomic E-state index is -0.407. The maximum atomic E-state index is 13.0. The number of nitrogens with one attached hydrogen (secondary N) is 2. The fraction of sp³-hybridized carbons (Fsp3) is 0.417. The van der Waals surface area contributed by atoms with Gasteiger partial charge in [-0.25, -0.2) is 4.98 Å². The number of carbonyl (C=O) groups excluding carboxylic acids is 3. The van der Waals surface area contributed by atoms with Crippen LogP contribution in [0.25, 0.3) is 10.3 Å². The van der Waals surface area contributed by atoms with Gasteiger partial charge in [-0.3, -0.25) is 23.7 Å². The van der Waals surface area contributed by atoms with Gasteiger partial charge in [0.1, 0.15) is 17.6 Å². The summed E-state index contributed by atoms with van der Waals surface area (Å²) in [4.78, 5) is 60.4. The molecule has 2 N–H and O–H groups in total. The predicted octanol–water partition coefficient (Wildman–Crippen LogP) is 2.44. The van der Waals surface area contributed by atoms with Crippen molar-refractivity contribution < 1.29 is 14.4 Å². The molecule has 1 aliphatic rings. The van der Waals surface area contributed by atoms with Gasteiger partial charge < -0.3 is 15.5 Å². The molecule has 1 aromatic carbocycles. The lowest BCUT2D eigenvalue weighted by Gasteiger charge is -2.31. The van der Waals surface area contributed by atoms with Crippen LogP contribution in [0.4, 0.5) is 10.8 Å². The van der Waals surface area contributed by atoms with E-state index in [1.54, 1.807) is 24.3 Å². The molecule has 11 heteroatoms. The van der Waals surface area contributed by atoms with Crippen LogP contribution in [-0.4, -0.2) is 51.8 Å². The van der Waals surface area contributed by atoms with Crippen molar-refractivity contribution in [3.63, 3.8) is 0 Å². The van der Waals surface area contributed by atoms with Crippen LogP contribution >= 0.6 is 11.3 Å². The second-order valence-electron chi connectivity index (χ2n) is 8.59. The minimum Gasteiger partial charge on any atom is -0.356 e. The standard InChI is InChI=1S/C24H28N6O4S/c1-3-9-25-22(33)17-7-5-10-29(12-17)24-28-21-20(35-24)23(34)30(14-26-21)13-19(32)27-18-8-4-6-16(11-18)15(2)31/h4,6,8,11,14,17H,3,5,7,9-10,12-13H2,1-2H3,(H,25,33)(H,27,32)/t17-/m0/s1. The Bertz CT molecular complexity index is 1320. The van der Waals surface area contributed by atoms with Gasteiger partial charge >= 0.3 is 0 Å². The number of fused-ring (bicyclic) bond motifs is 1. The largest absolute Gasteiger partial charge is 0.356 e. The Balaban J connectivity index is 1.47. The van der Waals surface area contributed by atoms with E-state index in [0.29, 0.717) is 39.8 Å². The summed E-state index contributed by atoms with van der Waals surface area (Å²) in [5, 5.41) is 6.32. The first-order valence-electron chi connectivity index (χ1n) is 11.6. The molecule has 4 rings (SSSR count). The van der Waals surface area contributed by atoms with Crippen LogP contribution in [0.1, 0.15) is 43.5 Å². The van der Waals surface area contributed by atoms with Crippen molar-refractivity contribution >= 4 is 50.1 Å². The number of aromatic nitrogens is 3. The molecule has 184 valence electrons. The number of thiazole rings is 1. The molecule has 2 amide bonds. The van der Waals surface area contributed by atoms with E-state index in [9.17, 15) is 19.2 Å². The Hall–Kier alpha value is -3.60. The maximum absolute atomic E-state index is 13.0. The van der Waals surface area contributed by atoms with E-state index in [-0.39, 0.29) is 29.7 Å². The monoisotopic (exact) mass is 496 g/mol. The number of benzene rings is 1. The second-order valence-corrected chi connectivity index (χ2v) is 9.57. The second kappa shape index (κ2) is 10.8. The van der Waals surface area contributed by atoms with Crippen molar-refractivity contribution in [1.82, 2.24) is 19.9 Å². The maximum Gasteiger partial charge on any atom is 0.273 e. The zero-order valence-corrected chi connectivity index (χ0v) is 20.6. The quantitative estimate of drug-likeness (QED) is 0.459. The molecular formula is C24H28N6O4S. The van der Waals surface area contributed by atoms with E-state index >= 15 is 0 Å². The molecule has 0 unspecified atom stereocenters. The zero-order valence-electron chi connectivity index (χ0n) is 19.7. The number of rotatable bonds is 8. The third kappa shape index (κ3) is 5.73. The molecule has 0 saturated carbocycles. The van der Waals surface area contributed by atoms with E-state index < -0.39 is 5.91 Å². The highest BCUT2D eigenvalue weighted by molar-refractivity contribution is 7.22. The summed E-state index contributed by atoms with van der Waals surface area (Å²) < 4.78 is 1.61. The molecule has 0 aliphatic carbocycles. The third-order valence-electron chi connectivity index (χ3n) is 5.85. The summed E-state index contributed by atoms with van der Waals surface area (Å²) in [6.07, 6.45) is 3.90. The van der Waals surface area contributed by atoms with Crippen molar-refractivity contribution in [3.8, 4) is 0 Å². The Morgan fingerprint density at radius 3 is 2.86 bits per heavy atom. The van der Waals surface area contributed by atoms with Gasteiger partial charge in [-0.2, -0.15) is 4.98 Å². The highest BCUT2D eigenvalue weighted by Gasteiger charge is 2.27. The average Bonchev–Trinajstić information content (AvgIpc) is 3.30. The zero-order chi connectivity index (χ0) is 24.9. The van der Waals surface area contributed by atoms with Crippen molar-refractivity contribution in [3.05, 3.63) is 46.5 Å². The SMILES string of the molecule is CCCNC(=O)[C@H]1CCCN(c2nc3ncn(CC(=O)Nc4cccc(C(C)=O)c4)c(=O)c3s2)C1. The first kappa shape index (κ1) is 24.5. The molecule has 0 spiro atoms. The van der Waals surface area contributed by atoms with E-state index in [2.05, 4.69) is 20.6 Å². The number of Topliss-reactive ketones (excluding diaryl/α,β-unsaturated/α-hetero) is 1. The molecule has 3 heterocycles. The Morgan fingerprint density at radius 1 is 1.26 bits per heavy atom. The van der Waals surface area contributed by atoms with Crippen molar-refractivity contribution in [1.29, 1.82) is 0 Å². The molecule has 1 atom stereocenters. The Kier molecular flexibility index (Phi) is 7.54. The molecule has 1 aliphatic heterocycles. The van der Waals surface area contributed by atoms with E-state index in [1.165, 1.54) is 29.2 Å². The van der Waals surface area contributed by atoms with Crippen LogP contribution in [0.5, 0.6) is 0 Å². The number of ketones is 1. The van der Waals surface area contributed by atoms with E-state index in [1.807, 2.05) is 11.8 Å². The molecule has 10 nitrogen and oxygen atoms in total. The molecule has 1 saturated heterocycles. The lowest BCUT2D eigenvalue weighted by molar-refractivity contribution is -0.125. The lowest BCUT2D eigenvalue weighted by Crippen LogP contribution is -2.43. The first-order chi connectivity index (χ1) is 16.9. The molecule has 35 heavy (non-hydrogen) atoms. The molecule has 3 aromatic rings. The molecule has 0 bridgehead atoms. The minimum absolute atomic E-state index is 0.0537. The summed E-state index contributed by atoms with van der Waals surface area (Å²) in [6, 6.07) is 6.63. The summed E-state index contributed by atoms with van der Waals surface area (Å²) >= 11 is 1.23. The van der Waals surface area contributed by atoms with Gasteiger partial charge in [0.2, 0.25) is 11.8 Å². The number of nitrogens with zero attached hydrogens (tertiary/aromatic N) is 4. The topological polar surface area (TPSA) is 126 Å². The normalized spacial score (nSPS) is 15.7. The number of amides is 2. The third-order valence-corrected chi connectivity index (χ3v) is 6.94. The van der Waals surface area contributed by atoms with E-state index in [0.717, 1.165) is 25.8 Å². The van der Waals surface area contributed by atoms with Gasteiger partial charge in [0, 0.05) is 30.9 Å². The van der Waals surface area contributed by atoms with Crippen molar-refractivity contribution in [2.45, 2.75) is 39.7 Å². The number of hydrogen-bond donors (Lipinski definition) is 2. The Morgan fingerprint density at radius 2 is 2.09 bits per heavy atom. The fourth-order valence-electron chi connectivity index (χ4n) is 4.01. The highest BCUT2D eigenvalue weighted by atomic mass is 32.1. The highest BCUT2D eigenvalue weighted by Crippen LogP contribution is 2.29. The first-order valence-corrected chi connectivity index (χ1v) is 12.5. The number of piperidine rings is 1. The van der Waals surface area contributed by atoms with Gasteiger partial charge in [-0.15, -0.1) is 0 Å². The van der Waals surface area contributed by atoms with Gasteiger partial charge in [0.15, 0.2) is 16.6 Å². The fourth-order valence-corrected chi connectivity index (χ4v) is 5.02. The summed E-state index contributed by atoms with van der Waals surface area (Å²) in [5.41, 5.74) is 0.953. The molecular weight excluding hydrogens is 468 g/mol. The van der Waals surface area contributed by atoms with E-state index in [4.69, 9.17) is 0 Å². The molecule has 1 fully saturated rings. The lowest BCUT2D eigenvalue weighted by atomic mass is 9.97. The Labute approximate surface area is 206 Å². The summed E-state index contributed by atoms with van der Waals surface area (Å²) in [7, 11) is 0. The van der Waals surface area contributed by atoms with Crippen LogP contribution in [0.3, 0.4) is 0 Å². The van der Waals surface area contributed by atoms with Crippen LogP contribution in [0.15, 0.2) is 35.4 Å². The predicted molar refractivity (Wildman–Crippen MR) is 135 cm³/mol. The van der Waals surface area contributed by atoms with Crippen LogP contribution in [0.2, 0.25) is 0 Å². The van der Waals surface area contributed by atoms with Gasteiger partial charge in [0.05, 0.1) is 5.92 Å². The summed E-state index contributed by atoms with van der Waals surface area (Å²) in [6.45, 7) is 5.22. The smallest absolute Gasteiger partial charge is 0.273 e. The average molecular weight is 497 g/mol. The number of anilines is 2. The molecule has 2 aromatic heterocycles.